The molecule has 3 nitrogen and oxygen atoms in total. The van der Waals surface area contributed by atoms with Crippen molar-refractivity contribution in [1.82, 2.24) is 10.2 Å². The molecule has 1 aromatic rings. The van der Waals surface area contributed by atoms with Crippen molar-refractivity contribution < 1.29 is 0 Å². The molecule has 0 saturated carbocycles. The van der Waals surface area contributed by atoms with E-state index in [0.29, 0.717) is 6.04 Å². The summed E-state index contributed by atoms with van der Waals surface area (Å²) in [5, 5.41) is 7.25. The van der Waals surface area contributed by atoms with Crippen molar-refractivity contribution in [2.75, 3.05) is 31.5 Å². The lowest BCUT2D eigenvalue weighted by molar-refractivity contribution is 0.296. The Morgan fingerprint density at radius 2 is 2.00 bits per heavy atom. The first-order valence-electron chi connectivity index (χ1n) is 8.11. The number of anilines is 1. The molecule has 0 radical (unpaired) electrons. The molecule has 20 heavy (non-hydrogen) atoms. The van der Waals surface area contributed by atoms with E-state index in [1.165, 1.54) is 37.1 Å². The van der Waals surface area contributed by atoms with E-state index >= 15 is 0 Å². The summed E-state index contributed by atoms with van der Waals surface area (Å²) < 4.78 is 0. The molecule has 2 N–H and O–H groups in total. The quantitative estimate of drug-likeness (QED) is 0.801. The van der Waals surface area contributed by atoms with Crippen molar-refractivity contribution in [3.05, 3.63) is 29.8 Å². The molecule has 1 saturated heterocycles. The van der Waals surface area contributed by atoms with Gasteiger partial charge in [0.05, 0.1) is 0 Å². The van der Waals surface area contributed by atoms with Gasteiger partial charge in [-0.15, -0.1) is 0 Å². The molecular formula is C17H29N3. The molecule has 0 aliphatic carbocycles. The molecule has 3 heteroatoms. The highest BCUT2D eigenvalue weighted by Gasteiger charge is 2.13. The predicted molar refractivity (Wildman–Crippen MR) is 87.2 cm³/mol. The second-order valence-corrected chi connectivity index (χ2v) is 5.65. The molecule has 0 spiro atoms. The minimum Gasteiger partial charge on any atom is -0.383 e. The minimum atomic E-state index is 0.630. The fourth-order valence-corrected chi connectivity index (χ4v) is 2.85. The summed E-state index contributed by atoms with van der Waals surface area (Å²) in [4.78, 5) is 2.46. The second kappa shape index (κ2) is 8.28. The van der Waals surface area contributed by atoms with Crippen LogP contribution in [0.3, 0.4) is 0 Å². The standard InChI is InChI=1S/C17H29N3/c1-3-20(4-2)14-15-9-5-6-11-17(15)19-13-16-10-7-8-12-18-16/h5-6,9,11,16,18-19H,3-4,7-8,10,12-14H2,1-2H3. The molecule has 2 rings (SSSR count). The van der Waals surface area contributed by atoms with Gasteiger partial charge < -0.3 is 10.6 Å². The van der Waals surface area contributed by atoms with Gasteiger partial charge >= 0.3 is 0 Å². The molecule has 112 valence electrons. The summed E-state index contributed by atoms with van der Waals surface area (Å²) in [6.45, 7) is 9.91. The Labute approximate surface area is 123 Å². The van der Waals surface area contributed by atoms with Crippen molar-refractivity contribution in [1.29, 1.82) is 0 Å². The Kier molecular flexibility index (Phi) is 6.34. The van der Waals surface area contributed by atoms with Gasteiger partial charge in [-0.25, -0.2) is 0 Å². The third-order valence-corrected chi connectivity index (χ3v) is 4.26. The third kappa shape index (κ3) is 4.50. The van der Waals surface area contributed by atoms with Crippen LogP contribution in [0.25, 0.3) is 0 Å². The molecule has 1 aromatic carbocycles. The van der Waals surface area contributed by atoms with E-state index in [1.807, 2.05) is 0 Å². The van der Waals surface area contributed by atoms with Crippen LogP contribution < -0.4 is 10.6 Å². The van der Waals surface area contributed by atoms with E-state index in [4.69, 9.17) is 0 Å². The molecule has 0 aromatic heterocycles. The van der Waals surface area contributed by atoms with Crippen LogP contribution in [-0.2, 0) is 6.54 Å². The van der Waals surface area contributed by atoms with Crippen molar-refractivity contribution in [3.63, 3.8) is 0 Å². The van der Waals surface area contributed by atoms with Crippen LogP contribution in [0.15, 0.2) is 24.3 Å². The van der Waals surface area contributed by atoms with Gasteiger partial charge in [0, 0.05) is 24.8 Å². The Morgan fingerprint density at radius 1 is 1.20 bits per heavy atom. The average molecular weight is 275 g/mol. The average Bonchev–Trinajstić information content (AvgIpc) is 2.52. The molecule has 1 aliphatic heterocycles. The molecule has 1 unspecified atom stereocenters. The first-order valence-corrected chi connectivity index (χ1v) is 8.11. The Bertz CT molecular complexity index is 382. The third-order valence-electron chi connectivity index (χ3n) is 4.26. The minimum absolute atomic E-state index is 0.630. The first-order chi connectivity index (χ1) is 9.83. The van der Waals surface area contributed by atoms with Crippen molar-refractivity contribution in [2.24, 2.45) is 0 Å². The first kappa shape index (κ1) is 15.3. The molecule has 1 atom stereocenters. The van der Waals surface area contributed by atoms with Crippen molar-refractivity contribution in [3.8, 4) is 0 Å². The fraction of sp³-hybridized carbons (Fsp3) is 0.647. The smallest absolute Gasteiger partial charge is 0.0386 e. The van der Waals surface area contributed by atoms with Crippen LogP contribution in [-0.4, -0.2) is 37.1 Å². The number of hydrogen-bond acceptors (Lipinski definition) is 3. The van der Waals surface area contributed by atoms with Gasteiger partial charge in [-0.05, 0) is 44.1 Å². The van der Waals surface area contributed by atoms with E-state index in [9.17, 15) is 0 Å². The number of piperidine rings is 1. The zero-order valence-electron chi connectivity index (χ0n) is 13.0. The molecule has 1 aliphatic rings. The zero-order chi connectivity index (χ0) is 14.2. The van der Waals surface area contributed by atoms with Gasteiger partial charge in [0.1, 0.15) is 0 Å². The number of rotatable bonds is 7. The number of benzene rings is 1. The highest BCUT2D eigenvalue weighted by Crippen LogP contribution is 2.18. The summed E-state index contributed by atoms with van der Waals surface area (Å²) in [5.41, 5.74) is 2.71. The normalized spacial score (nSPS) is 19.2. The van der Waals surface area contributed by atoms with Gasteiger partial charge in [0.15, 0.2) is 0 Å². The van der Waals surface area contributed by atoms with Crippen molar-refractivity contribution in [2.45, 2.75) is 45.7 Å². The lowest BCUT2D eigenvalue weighted by atomic mass is 10.0. The maximum atomic E-state index is 3.65. The number of nitrogens with zero attached hydrogens (tertiary/aromatic N) is 1. The second-order valence-electron chi connectivity index (χ2n) is 5.65. The predicted octanol–water partition coefficient (Wildman–Crippen LogP) is 3.08. The maximum Gasteiger partial charge on any atom is 0.0386 e. The molecule has 1 heterocycles. The zero-order valence-corrected chi connectivity index (χ0v) is 13.0. The van der Waals surface area contributed by atoms with Gasteiger partial charge in [-0.2, -0.15) is 0 Å². The van der Waals surface area contributed by atoms with Crippen LogP contribution >= 0.6 is 0 Å². The monoisotopic (exact) mass is 275 g/mol. The number of hydrogen-bond donors (Lipinski definition) is 2. The van der Waals surface area contributed by atoms with E-state index in [0.717, 1.165) is 26.2 Å². The lowest BCUT2D eigenvalue weighted by Crippen LogP contribution is -2.39. The molecule has 0 bridgehead atoms. The molecular weight excluding hydrogens is 246 g/mol. The number of nitrogens with one attached hydrogen (secondary N) is 2. The summed E-state index contributed by atoms with van der Waals surface area (Å²) in [5.74, 6) is 0. The summed E-state index contributed by atoms with van der Waals surface area (Å²) in [6.07, 6.45) is 3.99. The summed E-state index contributed by atoms with van der Waals surface area (Å²) >= 11 is 0. The molecule has 0 amide bonds. The highest BCUT2D eigenvalue weighted by atomic mass is 15.1. The van der Waals surface area contributed by atoms with Crippen LogP contribution in [0.4, 0.5) is 5.69 Å². The lowest BCUT2D eigenvalue weighted by Gasteiger charge is -2.25. The summed E-state index contributed by atoms with van der Waals surface area (Å²) in [7, 11) is 0. The van der Waals surface area contributed by atoms with Crippen LogP contribution in [0.1, 0.15) is 38.7 Å². The largest absolute Gasteiger partial charge is 0.383 e. The maximum absolute atomic E-state index is 3.65. The van der Waals surface area contributed by atoms with E-state index < -0.39 is 0 Å². The van der Waals surface area contributed by atoms with Crippen LogP contribution in [0, 0.1) is 0 Å². The van der Waals surface area contributed by atoms with Gasteiger partial charge in [-0.1, -0.05) is 38.5 Å². The SMILES string of the molecule is CCN(CC)Cc1ccccc1NCC1CCCCN1. The van der Waals surface area contributed by atoms with Gasteiger partial charge in [-0.3, -0.25) is 4.90 Å². The van der Waals surface area contributed by atoms with E-state index in [1.54, 1.807) is 0 Å². The fourth-order valence-electron chi connectivity index (χ4n) is 2.85. The van der Waals surface area contributed by atoms with E-state index in [-0.39, 0.29) is 0 Å². The van der Waals surface area contributed by atoms with Crippen LogP contribution in [0.5, 0.6) is 0 Å². The molecule has 1 fully saturated rings. The Morgan fingerprint density at radius 3 is 2.70 bits per heavy atom. The highest BCUT2D eigenvalue weighted by molar-refractivity contribution is 5.51. The van der Waals surface area contributed by atoms with E-state index in [2.05, 4.69) is 53.6 Å². The van der Waals surface area contributed by atoms with Gasteiger partial charge in [0.25, 0.3) is 0 Å². The number of para-hydroxylation sites is 1. The Hall–Kier alpha value is -1.06. The Balaban J connectivity index is 1.92. The topological polar surface area (TPSA) is 27.3 Å². The van der Waals surface area contributed by atoms with Crippen molar-refractivity contribution >= 4 is 5.69 Å². The van der Waals surface area contributed by atoms with Crippen LogP contribution in [0.2, 0.25) is 0 Å². The van der Waals surface area contributed by atoms with Gasteiger partial charge in [0.2, 0.25) is 0 Å². The summed E-state index contributed by atoms with van der Waals surface area (Å²) in [6, 6.07) is 9.35.